The fourth-order valence-corrected chi connectivity index (χ4v) is 2.12. The van der Waals surface area contributed by atoms with Crippen LogP contribution in [0.15, 0.2) is 34.8 Å². The number of rotatable bonds is 5. The molecule has 0 amide bonds. The van der Waals surface area contributed by atoms with E-state index in [4.69, 9.17) is 9.73 Å². The Morgan fingerprint density at radius 3 is 2.68 bits per heavy atom. The monoisotopic (exact) mass is 258 g/mol. The van der Waals surface area contributed by atoms with Gasteiger partial charge in [-0.15, -0.1) is 6.58 Å². The van der Waals surface area contributed by atoms with Gasteiger partial charge in [0.15, 0.2) is 5.72 Å². The molecule has 0 aliphatic carbocycles. The molecule has 0 radical (unpaired) electrons. The van der Waals surface area contributed by atoms with E-state index in [9.17, 15) is 0 Å². The van der Waals surface area contributed by atoms with Gasteiger partial charge in [-0.05, 0) is 56.9 Å². The van der Waals surface area contributed by atoms with E-state index >= 15 is 0 Å². The molecule has 19 heavy (non-hydrogen) atoms. The summed E-state index contributed by atoms with van der Waals surface area (Å²) in [5.74, 6) is 0. The van der Waals surface area contributed by atoms with Crippen molar-refractivity contribution in [1.29, 1.82) is 0 Å². The first kappa shape index (κ1) is 13.9. The van der Waals surface area contributed by atoms with Crippen LogP contribution < -0.4 is 10.7 Å². The molecular formula is C16H22N2O. The first-order chi connectivity index (χ1) is 9.04. The molecule has 1 atom stereocenters. The number of hydrogen-bond donors (Lipinski definition) is 0. The summed E-state index contributed by atoms with van der Waals surface area (Å²) in [6, 6.07) is 4.20. The molecule has 3 nitrogen and oxygen atoms in total. The first-order valence-electron chi connectivity index (χ1n) is 6.80. The van der Waals surface area contributed by atoms with Gasteiger partial charge in [0.05, 0.1) is 17.3 Å². The number of ether oxygens (including phenoxy) is 1. The number of hydrogen-bond acceptors (Lipinski definition) is 3. The van der Waals surface area contributed by atoms with Gasteiger partial charge in [0.25, 0.3) is 0 Å². The van der Waals surface area contributed by atoms with Gasteiger partial charge in [-0.25, -0.2) is 4.99 Å². The molecule has 3 heteroatoms. The lowest BCUT2D eigenvalue weighted by atomic mass is 10.1. The standard InChI is InChI=1S/C16H22N2O/c1-5-6-7-8-19-16(4)11-17-14-9-12(2)13(3)10-15(14)18-16/h5,9-10H,1,6-8,11H2,2-4H3. The zero-order valence-corrected chi connectivity index (χ0v) is 12.1. The zero-order valence-electron chi connectivity index (χ0n) is 12.1. The maximum atomic E-state index is 5.89. The third-order valence-corrected chi connectivity index (χ3v) is 3.46. The van der Waals surface area contributed by atoms with Crippen LogP contribution in [-0.2, 0) is 4.74 Å². The van der Waals surface area contributed by atoms with Crippen LogP contribution in [0, 0.1) is 13.8 Å². The number of nitrogens with zero attached hydrogens (tertiary/aromatic N) is 2. The molecule has 1 aliphatic heterocycles. The summed E-state index contributed by atoms with van der Waals surface area (Å²) in [6.45, 7) is 11.2. The van der Waals surface area contributed by atoms with E-state index in [1.54, 1.807) is 0 Å². The lowest BCUT2D eigenvalue weighted by Crippen LogP contribution is -2.42. The van der Waals surface area contributed by atoms with Crippen molar-refractivity contribution in [2.45, 2.75) is 39.3 Å². The van der Waals surface area contributed by atoms with E-state index in [2.05, 4.69) is 37.6 Å². The predicted octanol–water partition coefficient (Wildman–Crippen LogP) is 2.26. The molecule has 1 aromatic rings. The Kier molecular flexibility index (Phi) is 4.15. The summed E-state index contributed by atoms with van der Waals surface area (Å²) in [6.07, 6.45) is 3.87. The lowest BCUT2D eigenvalue weighted by Gasteiger charge is -2.26. The van der Waals surface area contributed by atoms with Gasteiger partial charge in [-0.3, -0.25) is 4.99 Å². The normalized spacial score (nSPS) is 21.2. The van der Waals surface area contributed by atoms with Crippen molar-refractivity contribution in [3.8, 4) is 0 Å². The molecule has 0 saturated heterocycles. The number of unbranched alkanes of at least 4 members (excludes halogenated alkanes) is 1. The molecule has 102 valence electrons. The third kappa shape index (κ3) is 3.29. The second-order valence-corrected chi connectivity index (χ2v) is 5.31. The smallest absolute Gasteiger partial charge is 0.176 e. The first-order valence-corrected chi connectivity index (χ1v) is 6.80. The van der Waals surface area contributed by atoms with Crippen LogP contribution in [-0.4, -0.2) is 18.9 Å². The highest BCUT2D eigenvalue weighted by molar-refractivity contribution is 5.24. The van der Waals surface area contributed by atoms with Crippen LogP contribution in [0.2, 0.25) is 0 Å². The van der Waals surface area contributed by atoms with Gasteiger partial charge >= 0.3 is 0 Å². The largest absolute Gasteiger partial charge is 0.352 e. The molecule has 1 heterocycles. The van der Waals surface area contributed by atoms with Crippen molar-refractivity contribution < 1.29 is 4.74 Å². The van der Waals surface area contributed by atoms with Crippen LogP contribution in [0.25, 0.3) is 0 Å². The second kappa shape index (κ2) is 5.66. The van der Waals surface area contributed by atoms with Crippen molar-refractivity contribution in [2.24, 2.45) is 9.98 Å². The molecule has 0 bridgehead atoms. The minimum Gasteiger partial charge on any atom is -0.352 e. The minimum atomic E-state index is -0.518. The van der Waals surface area contributed by atoms with Gasteiger partial charge in [0.1, 0.15) is 0 Å². The fourth-order valence-electron chi connectivity index (χ4n) is 2.12. The Labute approximate surface area is 114 Å². The van der Waals surface area contributed by atoms with Crippen molar-refractivity contribution in [1.82, 2.24) is 0 Å². The maximum absolute atomic E-state index is 5.89. The summed E-state index contributed by atoms with van der Waals surface area (Å²) >= 11 is 0. The lowest BCUT2D eigenvalue weighted by molar-refractivity contribution is -0.0236. The molecule has 0 saturated carbocycles. The molecule has 0 fully saturated rings. The van der Waals surface area contributed by atoms with Gasteiger partial charge in [-0.2, -0.15) is 0 Å². The van der Waals surface area contributed by atoms with Crippen LogP contribution in [0.3, 0.4) is 0 Å². The van der Waals surface area contributed by atoms with Crippen molar-refractivity contribution in [3.05, 3.63) is 46.6 Å². The minimum absolute atomic E-state index is 0.518. The quantitative estimate of drug-likeness (QED) is 0.589. The van der Waals surface area contributed by atoms with Gasteiger partial charge < -0.3 is 4.74 Å². The Balaban J connectivity index is 2.20. The van der Waals surface area contributed by atoms with Crippen LogP contribution >= 0.6 is 0 Å². The molecule has 1 aromatic carbocycles. The molecule has 2 rings (SSSR count). The summed E-state index contributed by atoms with van der Waals surface area (Å²) < 4.78 is 5.89. The summed E-state index contributed by atoms with van der Waals surface area (Å²) in [7, 11) is 0. The van der Waals surface area contributed by atoms with E-state index in [1.165, 1.54) is 11.1 Å². The van der Waals surface area contributed by atoms with Crippen molar-refractivity contribution in [3.63, 3.8) is 0 Å². The van der Waals surface area contributed by atoms with E-state index < -0.39 is 5.72 Å². The van der Waals surface area contributed by atoms with Gasteiger partial charge in [0.2, 0.25) is 0 Å². The fraction of sp³-hybridized carbons (Fsp3) is 0.500. The molecule has 0 spiro atoms. The average Bonchev–Trinajstić information content (AvgIpc) is 2.37. The van der Waals surface area contributed by atoms with Crippen molar-refractivity contribution >= 4 is 0 Å². The number of fused-ring (bicyclic) bond motifs is 1. The highest BCUT2D eigenvalue weighted by atomic mass is 16.5. The van der Waals surface area contributed by atoms with E-state index in [0.717, 1.165) is 23.6 Å². The molecule has 0 N–H and O–H groups in total. The Morgan fingerprint density at radius 2 is 2.00 bits per heavy atom. The summed E-state index contributed by atoms with van der Waals surface area (Å²) in [4.78, 5) is 9.34. The van der Waals surface area contributed by atoms with E-state index in [1.807, 2.05) is 13.0 Å². The van der Waals surface area contributed by atoms with Crippen LogP contribution in [0.4, 0.5) is 0 Å². The predicted molar refractivity (Wildman–Crippen MR) is 76.9 cm³/mol. The second-order valence-electron chi connectivity index (χ2n) is 5.31. The maximum Gasteiger partial charge on any atom is 0.176 e. The number of aryl methyl sites for hydroxylation is 2. The van der Waals surface area contributed by atoms with Gasteiger partial charge in [0, 0.05) is 6.61 Å². The summed E-state index contributed by atoms with van der Waals surface area (Å²) in [5, 5.41) is 1.93. The average molecular weight is 258 g/mol. The zero-order chi connectivity index (χ0) is 13.9. The van der Waals surface area contributed by atoms with E-state index in [0.29, 0.717) is 13.2 Å². The SMILES string of the molecule is C=CCCCOC1(C)CN=c2cc(C)c(C)cc2=N1. The van der Waals surface area contributed by atoms with Crippen LogP contribution in [0.1, 0.15) is 30.9 Å². The van der Waals surface area contributed by atoms with Crippen molar-refractivity contribution in [2.75, 3.05) is 13.2 Å². The highest BCUT2D eigenvalue weighted by Gasteiger charge is 2.25. The Bertz CT molecular complexity index is 592. The number of benzene rings is 1. The van der Waals surface area contributed by atoms with Gasteiger partial charge in [-0.1, -0.05) is 6.08 Å². The third-order valence-electron chi connectivity index (χ3n) is 3.46. The molecule has 1 aliphatic rings. The Hall–Kier alpha value is -1.48. The topological polar surface area (TPSA) is 34.0 Å². The highest BCUT2D eigenvalue weighted by Crippen LogP contribution is 2.14. The molecular weight excluding hydrogens is 236 g/mol. The van der Waals surface area contributed by atoms with E-state index in [-0.39, 0.29) is 0 Å². The summed E-state index contributed by atoms with van der Waals surface area (Å²) in [5.41, 5.74) is 1.98. The molecule has 0 aromatic heterocycles. The van der Waals surface area contributed by atoms with Crippen LogP contribution in [0.5, 0.6) is 0 Å². The number of allylic oxidation sites excluding steroid dienone is 1. The Morgan fingerprint density at radius 1 is 1.32 bits per heavy atom. The molecule has 1 unspecified atom stereocenters.